The first-order chi connectivity index (χ1) is 3.29. The van der Waals surface area contributed by atoms with Gasteiger partial charge in [0.2, 0.25) is 0 Å². The van der Waals surface area contributed by atoms with E-state index in [-0.39, 0.29) is 0 Å². The van der Waals surface area contributed by atoms with Gasteiger partial charge in [0, 0.05) is 23.4 Å². The highest BCUT2D eigenvalue weighted by Crippen LogP contribution is 2.13. The van der Waals surface area contributed by atoms with Crippen LogP contribution in [0.5, 0.6) is 0 Å². The summed E-state index contributed by atoms with van der Waals surface area (Å²) in [6, 6.07) is 0. The number of allylic oxidation sites excluding steroid dienone is 2. The molecule has 1 N–H and O–H groups in total. The molecule has 0 aromatic carbocycles. The van der Waals surface area contributed by atoms with Crippen molar-refractivity contribution in [3.63, 3.8) is 0 Å². The van der Waals surface area contributed by atoms with Crippen LogP contribution in [0.25, 0.3) is 0 Å². The lowest BCUT2D eigenvalue weighted by molar-refractivity contribution is 0.530. The molecular weight excluding hydrogens is 114 g/mol. The average molecular weight is 118 g/mol. The van der Waals surface area contributed by atoms with Crippen molar-refractivity contribution in [3.05, 3.63) is 11.8 Å². The van der Waals surface area contributed by atoms with Crippen molar-refractivity contribution in [2.45, 2.75) is 6.42 Å². The molecule has 4 heteroatoms. The maximum atomic E-state index is 9.70. The van der Waals surface area contributed by atoms with Crippen LogP contribution < -0.4 is 4.72 Å². The lowest BCUT2D eigenvalue weighted by Crippen LogP contribution is -2.09. The fraction of sp³-hybridized carbons (Fsp3) is 0.333. The quantitative estimate of drug-likeness (QED) is 0.504. The average Bonchev–Trinajstić information content (AvgIpc) is 2.17. The number of nitrogens with one attached hydrogen (secondary N) is 1. The van der Waals surface area contributed by atoms with Crippen molar-refractivity contribution >= 4 is 11.3 Å². The highest BCUT2D eigenvalue weighted by molar-refractivity contribution is 7.77. The fourth-order valence-electron chi connectivity index (χ4n) is 0.241. The van der Waals surface area contributed by atoms with Gasteiger partial charge in [-0.25, -0.2) is 0 Å². The van der Waals surface area contributed by atoms with Gasteiger partial charge in [0.15, 0.2) is 0 Å². The number of rotatable bonds is 2. The largest absolute Gasteiger partial charge is 0.755 e. The summed E-state index contributed by atoms with van der Waals surface area (Å²) >= 11 is -2.10. The predicted octanol–water partition coefficient (Wildman–Crippen LogP) is -0.342. The zero-order valence-corrected chi connectivity index (χ0v) is 4.33. The molecule has 0 amide bonds. The molecule has 0 heterocycles. The highest BCUT2D eigenvalue weighted by atomic mass is 32.2. The lowest BCUT2D eigenvalue weighted by Gasteiger charge is -2.01. The molecule has 0 fully saturated rings. The standard InChI is InChI=1S/C3H5NO2S/c5-7(6)4-3-1-2-3/h1,4H,2H2,(H,5,6)/p-1. The third kappa shape index (κ3) is 1.70. The molecule has 40 valence electrons. The maximum Gasteiger partial charge on any atom is 0.0445 e. The monoisotopic (exact) mass is 118 g/mol. The first-order valence-electron chi connectivity index (χ1n) is 1.84. The van der Waals surface area contributed by atoms with Crippen LogP contribution in [0, 0.1) is 0 Å². The summed E-state index contributed by atoms with van der Waals surface area (Å²) in [4.78, 5) is 0. The second-order valence-electron chi connectivity index (χ2n) is 1.27. The molecule has 0 bridgehead atoms. The molecule has 3 nitrogen and oxygen atoms in total. The van der Waals surface area contributed by atoms with Gasteiger partial charge in [-0.2, -0.15) is 0 Å². The second kappa shape index (κ2) is 1.63. The molecule has 1 atom stereocenters. The highest BCUT2D eigenvalue weighted by Gasteiger charge is 2.03. The van der Waals surface area contributed by atoms with Gasteiger partial charge in [-0.05, 0) is 0 Å². The van der Waals surface area contributed by atoms with Gasteiger partial charge < -0.3 is 9.27 Å². The Morgan fingerprint density at radius 1 is 2.00 bits per heavy atom. The topological polar surface area (TPSA) is 52.2 Å². The first-order valence-corrected chi connectivity index (χ1v) is 2.91. The van der Waals surface area contributed by atoms with E-state index in [1.165, 1.54) is 0 Å². The molecule has 7 heavy (non-hydrogen) atoms. The van der Waals surface area contributed by atoms with Crippen molar-refractivity contribution in [3.8, 4) is 0 Å². The minimum atomic E-state index is -2.10. The van der Waals surface area contributed by atoms with Crippen molar-refractivity contribution in [2.75, 3.05) is 0 Å². The van der Waals surface area contributed by atoms with E-state index in [4.69, 9.17) is 0 Å². The van der Waals surface area contributed by atoms with Gasteiger partial charge in [0.05, 0.1) is 0 Å². The van der Waals surface area contributed by atoms with Crippen molar-refractivity contribution < 1.29 is 8.76 Å². The van der Waals surface area contributed by atoms with E-state index in [1.54, 1.807) is 6.08 Å². The van der Waals surface area contributed by atoms with E-state index in [1.807, 2.05) is 0 Å². The molecule has 0 spiro atoms. The number of hydrogen-bond donors (Lipinski definition) is 1. The van der Waals surface area contributed by atoms with Gasteiger partial charge >= 0.3 is 0 Å². The third-order valence-corrected chi connectivity index (χ3v) is 1.05. The molecule has 0 aromatic rings. The SMILES string of the molecule is O=S([O-])NC1=CC1. The molecule has 0 saturated heterocycles. The van der Waals surface area contributed by atoms with Crippen molar-refractivity contribution in [2.24, 2.45) is 0 Å². The molecule has 1 unspecified atom stereocenters. The summed E-state index contributed by atoms with van der Waals surface area (Å²) in [6.45, 7) is 0. The van der Waals surface area contributed by atoms with Crippen LogP contribution >= 0.6 is 0 Å². The Hall–Kier alpha value is -0.350. The summed E-state index contributed by atoms with van der Waals surface area (Å²) in [5, 5.41) is 0. The predicted molar refractivity (Wildman–Crippen MR) is 24.8 cm³/mol. The fourth-order valence-corrected chi connectivity index (χ4v) is 0.622. The zero-order valence-electron chi connectivity index (χ0n) is 3.51. The van der Waals surface area contributed by atoms with Crippen LogP contribution in [-0.4, -0.2) is 8.76 Å². The van der Waals surface area contributed by atoms with Crippen LogP contribution in [0.1, 0.15) is 6.42 Å². The smallest absolute Gasteiger partial charge is 0.0445 e. The normalized spacial score (nSPS) is 20.4. The minimum Gasteiger partial charge on any atom is -0.755 e. The van der Waals surface area contributed by atoms with Crippen LogP contribution in [0.4, 0.5) is 0 Å². The van der Waals surface area contributed by atoms with Gasteiger partial charge in [-0.15, -0.1) is 0 Å². The second-order valence-corrected chi connectivity index (χ2v) is 1.94. The molecule has 0 aliphatic heterocycles. The van der Waals surface area contributed by atoms with Crippen LogP contribution in [0.2, 0.25) is 0 Å². The van der Waals surface area contributed by atoms with E-state index < -0.39 is 11.3 Å². The van der Waals surface area contributed by atoms with E-state index in [2.05, 4.69) is 4.72 Å². The van der Waals surface area contributed by atoms with E-state index in [9.17, 15) is 8.76 Å². The molecule has 0 radical (unpaired) electrons. The molecular formula is C3H4NO2S-. The van der Waals surface area contributed by atoms with Gasteiger partial charge in [0.1, 0.15) is 0 Å². The number of hydrogen-bond acceptors (Lipinski definition) is 2. The summed E-state index contributed by atoms with van der Waals surface area (Å²) in [5.41, 5.74) is 0.799. The Kier molecular flexibility index (Phi) is 1.12. The maximum absolute atomic E-state index is 9.70. The molecule has 0 aromatic heterocycles. The Labute approximate surface area is 43.8 Å². The van der Waals surface area contributed by atoms with E-state index in [0.717, 1.165) is 12.1 Å². The Balaban J connectivity index is 2.21. The van der Waals surface area contributed by atoms with Crippen molar-refractivity contribution in [1.29, 1.82) is 0 Å². The zero-order chi connectivity index (χ0) is 5.28. The summed E-state index contributed by atoms with van der Waals surface area (Å²) in [6.07, 6.45) is 2.60. The van der Waals surface area contributed by atoms with Crippen LogP contribution in [-0.2, 0) is 11.3 Å². The van der Waals surface area contributed by atoms with E-state index >= 15 is 0 Å². The molecule has 0 saturated carbocycles. The molecule has 1 rings (SSSR count). The van der Waals surface area contributed by atoms with Gasteiger partial charge in [-0.3, -0.25) is 4.21 Å². The third-order valence-electron chi connectivity index (χ3n) is 0.623. The van der Waals surface area contributed by atoms with Crippen molar-refractivity contribution in [1.82, 2.24) is 4.72 Å². The van der Waals surface area contributed by atoms with Crippen LogP contribution in [0.3, 0.4) is 0 Å². The van der Waals surface area contributed by atoms with Gasteiger partial charge in [-0.1, -0.05) is 6.08 Å². The Morgan fingerprint density at radius 2 is 2.57 bits per heavy atom. The lowest BCUT2D eigenvalue weighted by atomic mass is 10.8. The van der Waals surface area contributed by atoms with Gasteiger partial charge in [0.25, 0.3) is 0 Å². The van der Waals surface area contributed by atoms with E-state index in [0.29, 0.717) is 0 Å². The Morgan fingerprint density at radius 3 is 2.71 bits per heavy atom. The van der Waals surface area contributed by atoms with Crippen LogP contribution in [0.15, 0.2) is 11.8 Å². The minimum absolute atomic E-state index is 0.799. The first kappa shape index (κ1) is 4.80. The summed E-state index contributed by atoms with van der Waals surface area (Å²) in [5.74, 6) is 0. The molecule has 1 aliphatic carbocycles. The molecule has 1 aliphatic rings. The summed E-state index contributed by atoms with van der Waals surface area (Å²) < 4.78 is 21.6. The Bertz CT molecular complexity index is 131. The summed E-state index contributed by atoms with van der Waals surface area (Å²) in [7, 11) is 0.